The van der Waals surface area contributed by atoms with E-state index in [1.807, 2.05) is 0 Å². The van der Waals surface area contributed by atoms with Gasteiger partial charge in [-0.1, -0.05) is 20.3 Å². The Morgan fingerprint density at radius 2 is 1.26 bits per heavy atom. The van der Waals surface area contributed by atoms with E-state index >= 15 is 0 Å². The molecule has 0 aliphatic heterocycles. The summed E-state index contributed by atoms with van der Waals surface area (Å²) in [7, 11) is 0. The lowest BCUT2D eigenvalue weighted by Crippen LogP contribution is -2.60. The van der Waals surface area contributed by atoms with Gasteiger partial charge in [0.05, 0.1) is 12.1 Å². The van der Waals surface area contributed by atoms with Crippen LogP contribution in [0.1, 0.15) is 52.9 Å². The van der Waals surface area contributed by atoms with Crippen LogP contribution in [0.25, 0.3) is 0 Å². The molecule has 14 heteroatoms. The smallest absolute Gasteiger partial charge is 0.326 e. The van der Waals surface area contributed by atoms with E-state index in [4.69, 9.17) is 15.9 Å². The van der Waals surface area contributed by atoms with Crippen LogP contribution in [0.4, 0.5) is 0 Å². The van der Waals surface area contributed by atoms with Crippen molar-refractivity contribution in [3.8, 4) is 0 Å². The van der Waals surface area contributed by atoms with Crippen LogP contribution in [0.5, 0.6) is 0 Å². The Kier molecular flexibility index (Phi) is 13.4. The molecule has 0 aliphatic carbocycles. The van der Waals surface area contributed by atoms with Crippen molar-refractivity contribution in [2.45, 2.75) is 83.1 Å². The minimum Gasteiger partial charge on any atom is -0.481 e. The van der Waals surface area contributed by atoms with Gasteiger partial charge in [-0.25, -0.2) is 4.79 Å². The molecular weight excluding hydrogens is 456 g/mol. The van der Waals surface area contributed by atoms with E-state index in [1.165, 1.54) is 6.92 Å². The third kappa shape index (κ3) is 11.0. The number of amides is 3. The Morgan fingerprint density at radius 1 is 0.765 bits per heavy atom. The number of aliphatic hydroxyl groups excluding tert-OH is 1. The van der Waals surface area contributed by atoms with Crippen LogP contribution < -0.4 is 21.7 Å². The molecule has 3 amide bonds. The van der Waals surface area contributed by atoms with Crippen molar-refractivity contribution in [3.05, 3.63) is 0 Å². The van der Waals surface area contributed by atoms with E-state index in [0.717, 1.165) is 0 Å². The van der Waals surface area contributed by atoms with Crippen molar-refractivity contribution in [1.82, 2.24) is 16.0 Å². The molecule has 0 radical (unpaired) electrons. The maximum absolute atomic E-state index is 12.7. The quantitative estimate of drug-likeness (QED) is 0.118. The van der Waals surface area contributed by atoms with Gasteiger partial charge >= 0.3 is 17.9 Å². The second-order valence-corrected chi connectivity index (χ2v) is 7.97. The fraction of sp³-hybridized carbons (Fsp3) is 0.700. The molecule has 14 nitrogen and oxygen atoms in total. The minimum atomic E-state index is -1.60. The number of rotatable bonds is 16. The van der Waals surface area contributed by atoms with Crippen LogP contribution in [-0.4, -0.2) is 86.3 Å². The molecule has 0 aromatic rings. The number of hydrogen-bond acceptors (Lipinski definition) is 8. The summed E-state index contributed by atoms with van der Waals surface area (Å²) >= 11 is 0. The van der Waals surface area contributed by atoms with Gasteiger partial charge in [-0.2, -0.15) is 0 Å². The lowest BCUT2D eigenvalue weighted by molar-refractivity contribution is -0.144. The lowest BCUT2D eigenvalue weighted by atomic mass is 9.98. The van der Waals surface area contributed by atoms with Gasteiger partial charge in [0.2, 0.25) is 17.7 Å². The van der Waals surface area contributed by atoms with Crippen LogP contribution >= 0.6 is 0 Å². The van der Waals surface area contributed by atoms with Gasteiger partial charge < -0.3 is 42.1 Å². The molecule has 34 heavy (non-hydrogen) atoms. The van der Waals surface area contributed by atoms with Gasteiger partial charge in [0.15, 0.2) is 0 Å². The predicted molar refractivity (Wildman–Crippen MR) is 116 cm³/mol. The van der Waals surface area contributed by atoms with Crippen LogP contribution in [0, 0.1) is 5.92 Å². The molecule has 194 valence electrons. The third-order valence-electron chi connectivity index (χ3n) is 5.13. The molecule has 0 aromatic heterocycles. The summed E-state index contributed by atoms with van der Waals surface area (Å²) in [5.41, 5.74) is 5.60. The maximum atomic E-state index is 12.7. The largest absolute Gasteiger partial charge is 0.481 e. The van der Waals surface area contributed by atoms with E-state index < -0.39 is 91.1 Å². The molecule has 0 rings (SSSR count). The number of nitrogens with one attached hydrogen (secondary N) is 3. The van der Waals surface area contributed by atoms with Crippen molar-refractivity contribution < 1.29 is 49.2 Å². The Balaban J connectivity index is 5.52. The van der Waals surface area contributed by atoms with Gasteiger partial charge in [-0.3, -0.25) is 24.0 Å². The molecule has 0 aliphatic rings. The first-order chi connectivity index (χ1) is 15.7. The van der Waals surface area contributed by atoms with Crippen molar-refractivity contribution in [2.24, 2.45) is 11.7 Å². The first-order valence-corrected chi connectivity index (χ1v) is 10.7. The lowest BCUT2D eigenvalue weighted by Gasteiger charge is -2.27. The summed E-state index contributed by atoms with van der Waals surface area (Å²) in [6, 6.07) is -5.66. The topological polar surface area (TPSA) is 245 Å². The molecule has 0 fully saturated rings. The predicted octanol–water partition coefficient (Wildman–Crippen LogP) is -1.99. The van der Waals surface area contributed by atoms with Gasteiger partial charge in [-0.15, -0.1) is 0 Å². The first kappa shape index (κ1) is 30.7. The number of nitrogens with two attached hydrogens (primary N) is 1. The number of hydrogen-bond donors (Lipinski definition) is 8. The molecule has 9 N–H and O–H groups in total. The van der Waals surface area contributed by atoms with Crippen molar-refractivity contribution in [3.63, 3.8) is 0 Å². The number of aliphatic hydroxyl groups is 1. The maximum Gasteiger partial charge on any atom is 0.326 e. The van der Waals surface area contributed by atoms with E-state index in [0.29, 0.717) is 6.42 Å². The minimum absolute atomic E-state index is 0.231. The average molecular weight is 491 g/mol. The van der Waals surface area contributed by atoms with Crippen molar-refractivity contribution >= 4 is 35.6 Å². The molecule has 0 aromatic carbocycles. The highest BCUT2D eigenvalue weighted by molar-refractivity contribution is 5.94. The highest BCUT2D eigenvalue weighted by Crippen LogP contribution is 2.10. The molecule has 6 unspecified atom stereocenters. The Bertz CT molecular complexity index is 758. The van der Waals surface area contributed by atoms with E-state index in [-0.39, 0.29) is 6.42 Å². The van der Waals surface area contributed by atoms with Crippen LogP contribution in [0.3, 0.4) is 0 Å². The summed E-state index contributed by atoms with van der Waals surface area (Å²) in [6.07, 6.45) is -2.61. The summed E-state index contributed by atoms with van der Waals surface area (Å²) in [4.78, 5) is 70.7. The van der Waals surface area contributed by atoms with Crippen LogP contribution in [0.2, 0.25) is 0 Å². The number of carboxylic acid groups (broad SMARTS) is 3. The molecule has 0 spiro atoms. The fourth-order valence-corrected chi connectivity index (χ4v) is 2.81. The highest BCUT2D eigenvalue weighted by atomic mass is 16.4. The Morgan fingerprint density at radius 3 is 1.71 bits per heavy atom. The van der Waals surface area contributed by atoms with Gasteiger partial charge in [0.1, 0.15) is 18.1 Å². The van der Waals surface area contributed by atoms with Crippen molar-refractivity contribution in [2.75, 3.05) is 0 Å². The highest BCUT2D eigenvalue weighted by Gasteiger charge is 2.33. The number of aliphatic carboxylic acids is 3. The van der Waals surface area contributed by atoms with Gasteiger partial charge in [0, 0.05) is 12.8 Å². The Hall–Kier alpha value is -3.26. The molecular formula is C20H34N4O10. The number of carboxylic acids is 3. The normalized spacial score (nSPS) is 16.1. The third-order valence-corrected chi connectivity index (χ3v) is 5.13. The average Bonchev–Trinajstić information content (AvgIpc) is 2.74. The monoisotopic (exact) mass is 490 g/mol. The van der Waals surface area contributed by atoms with E-state index in [2.05, 4.69) is 16.0 Å². The SMILES string of the molecule is CCC(C)C(NC(=O)C(CCC(=O)O)NC(=O)C(NC(=O)C(N)CCC(=O)O)C(C)O)C(=O)O. The number of carbonyl (C=O) groups is 6. The zero-order valence-electron chi connectivity index (χ0n) is 19.3. The van der Waals surface area contributed by atoms with Crippen LogP contribution in [0.15, 0.2) is 0 Å². The Labute approximate surface area is 196 Å². The zero-order valence-corrected chi connectivity index (χ0v) is 19.3. The first-order valence-electron chi connectivity index (χ1n) is 10.7. The fourth-order valence-electron chi connectivity index (χ4n) is 2.81. The molecule has 0 heterocycles. The molecule has 0 saturated carbocycles. The van der Waals surface area contributed by atoms with Crippen LogP contribution in [-0.2, 0) is 28.8 Å². The zero-order chi connectivity index (χ0) is 26.6. The molecule has 6 atom stereocenters. The molecule has 0 bridgehead atoms. The van der Waals surface area contributed by atoms with Gasteiger partial charge in [-0.05, 0) is 25.7 Å². The van der Waals surface area contributed by atoms with Crippen molar-refractivity contribution in [1.29, 1.82) is 0 Å². The van der Waals surface area contributed by atoms with Gasteiger partial charge in [0.25, 0.3) is 0 Å². The second-order valence-electron chi connectivity index (χ2n) is 7.97. The molecule has 0 saturated heterocycles. The van der Waals surface area contributed by atoms with E-state index in [1.54, 1.807) is 13.8 Å². The summed E-state index contributed by atoms with van der Waals surface area (Å²) in [5, 5.41) is 43.6. The summed E-state index contributed by atoms with van der Waals surface area (Å²) < 4.78 is 0. The second kappa shape index (κ2) is 14.8. The van der Waals surface area contributed by atoms with E-state index in [9.17, 15) is 39.0 Å². The summed E-state index contributed by atoms with van der Waals surface area (Å²) in [5.74, 6) is -7.14. The summed E-state index contributed by atoms with van der Waals surface area (Å²) in [6.45, 7) is 4.48. The standard InChI is InChI=1S/C20H34N4O10/c1-4-9(2)15(20(33)34)23-18(31)12(6-8-14(28)29)22-19(32)16(10(3)25)24-17(30)11(21)5-7-13(26)27/h9-12,15-16,25H,4-8,21H2,1-3H3,(H,22,32)(H,23,31)(H,24,30)(H,26,27)(H,28,29)(H,33,34). The number of carbonyl (C=O) groups excluding carboxylic acids is 3.